The van der Waals surface area contributed by atoms with Crippen LogP contribution in [-0.4, -0.2) is 18.6 Å². The van der Waals surface area contributed by atoms with Crippen LogP contribution in [0, 0.1) is 11.6 Å². The first-order chi connectivity index (χ1) is 8.10. The van der Waals surface area contributed by atoms with Crippen LogP contribution in [0.25, 0.3) is 0 Å². The molecule has 1 N–H and O–H groups in total. The van der Waals surface area contributed by atoms with E-state index in [9.17, 15) is 13.6 Å². The van der Waals surface area contributed by atoms with Crippen LogP contribution < -0.4 is 5.32 Å². The maximum atomic E-state index is 13.3. The highest BCUT2D eigenvalue weighted by Crippen LogP contribution is 2.19. The molecule has 1 unspecified atom stereocenters. The molecule has 0 saturated carbocycles. The quantitative estimate of drug-likeness (QED) is 0.808. The third-order valence-electron chi connectivity index (χ3n) is 2.26. The van der Waals surface area contributed by atoms with E-state index in [1.165, 1.54) is 6.07 Å². The molecule has 0 aromatic heterocycles. The summed E-state index contributed by atoms with van der Waals surface area (Å²) in [5.41, 5.74) is -0.299. The number of hydrogen-bond acceptors (Lipinski definition) is 3. The Labute approximate surface area is 98.8 Å². The van der Waals surface area contributed by atoms with Crippen LogP contribution in [0.4, 0.5) is 14.5 Å². The van der Waals surface area contributed by atoms with Crippen LogP contribution in [0.15, 0.2) is 18.2 Å². The van der Waals surface area contributed by atoms with Crippen molar-refractivity contribution in [2.45, 2.75) is 26.3 Å². The van der Waals surface area contributed by atoms with Gasteiger partial charge in [-0.25, -0.2) is 13.6 Å². The second-order valence-electron chi connectivity index (χ2n) is 3.45. The van der Waals surface area contributed by atoms with Gasteiger partial charge in [0.1, 0.15) is 23.4 Å². The third-order valence-corrected chi connectivity index (χ3v) is 2.26. The number of anilines is 1. The minimum absolute atomic E-state index is 0.233. The number of hydrogen-bond donors (Lipinski definition) is 1. The van der Waals surface area contributed by atoms with Crippen molar-refractivity contribution >= 4 is 11.7 Å². The predicted molar refractivity (Wildman–Crippen MR) is 60.7 cm³/mol. The molecule has 0 aliphatic carbocycles. The van der Waals surface area contributed by atoms with Gasteiger partial charge in [-0.15, -0.1) is 0 Å². The van der Waals surface area contributed by atoms with Gasteiger partial charge in [0, 0.05) is 0 Å². The lowest BCUT2D eigenvalue weighted by atomic mass is 10.2. The molecule has 94 valence electrons. The van der Waals surface area contributed by atoms with E-state index in [4.69, 9.17) is 4.74 Å². The Hall–Kier alpha value is -1.65. The van der Waals surface area contributed by atoms with Gasteiger partial charge in [0.05, 0.1) is 6.61 Å². The van der Waals surface area contributed by atoms with Crippen molar-refractivity contribution in [3.8, 4) is 0 Å². The molecule has 0 amide bonds. The van der Waals surface area contributed by atoms with E-state index in [1.54, 1.807) is 13.8 Å². The van der Waals surface area contributed by atoms with Crippen LogP contribution in [0.3, 0.4) is 0 Å². The van der Waals surface area contributed by atoms with Crippen molar-refractivity contribution in [1.29, 1.82) is 0 Å². The summed E-state index contributed by atoms with van der Waals surface area (Å²) < 4.78 is 31.5. The first kappa shape index (κ1) is 13.4. The Morgan fingerprint density at radius 2 is 1.94 bits per heavy atom. The SMILES string of the molecule is CCOC(=O)C(CC)Nc1c(F)cccc1F. The van der Waals surface area contributed by atoms with Crippen LogP contribution >= 0.6 is 0 Å². The van der Waals surface area contributed by atoms with Gasteiger partial charge in [-0.2, -0.15) is 0 Å². The number of carbonyl (C=O) groups is 1. The van der Waals surface area contributed by atoms with Gasteiger partial charge in [0.2, 0.25) is 0 Å². The van der Waals surface area contributed by atoms with Crippen molar-refractivity contribution < 1.29 is 18.3 Å². The summed E-state index contributed by atoms with van der Waals surface area (Å²) in [5.74, 6) is -1.97. The van der Waals surface area contributed by atoms with Crippen LogP contribution in [0.1, 0.15) is 20.3 Å². The van der Waals surface area contributed by atoms with Crippen LogP contribution in [-0.2, 0) is 9.53 Å². The molecule has 1 rings (SSSR count). The van der Waals surface area contributed by atoms with E-state index < -0.39 is 23.6 Å². The molecule has 0 aliphatic rings. The number of carbonyl (C=O) groups excluding carboxylic acids is 1. The molecule has 0 aliphatic heterocycles. The number of benzene rings is 1. The highest BCUT2D eigenvalue weighted by Gasteiger charge is 2.20. The molecular weight excluding hydrogens is 228 g/mol. The molecule has 17 heavy (non-hydrogen) atoms. The second kappa shape index (κ2) is 6.18. The van der Waals surface area contributed by atoms with E-state index in [2.05, 4.69) is 5.32 Å². The lowest BCUT2D eigenvalue weighted by Crippen LogP contribution is -2.31. The molecule has 0 heterocycles. The van der Waals surface area contributed by atoms with Crippen molar-refractivity contribution in [1.82, 2.24) is 0 Å². The highest BCUT2D eigenvalue weighted by molar-refractivity contribution is 5.79. The van der Waals surface area contributed by atoms with E-state index >= 15 is 0 Å². The lowest BCUT2D eigenvalue weighted by Gasteiger charge is -2.17. The number of nitrogens with one attached hydrogen (secondary N) is 1. The zero-order chi connectivity index (χ0) is 12.8. The van der Waals surface area contributed by atoms with E-state index in [-0.39, 0.29) is 12.3 Å². The summed E-state index contributed by atoms with van der Waals surface area (Å²) in [6, 6.07) is 2.77. The van der Waals surface area contributed by atoms with E-state index in [1.807, 2.05) is 0 Å². The molecule has 5 heteroatoms. The maximum Gasteiger partial charge on any atom is 0.328 e. The summed E-state index contributed by atoms with van der Waals surface area (Å²) in [4.78, 5) is 11.5. The average Bonchev–Trinajstić information content (AvgIpc) is 2.29. The Balaban J connectivity index is 2.84. The van der Waals surface area contributed by atoms with Gasteiger partial charge in [-0.05, 0) is 25.5 Å². The number of para-hydroxylation sites is 1. The minimum atomic E-state index is -0.749. The largest absolute Gasteiger partial charge is 0.464 e. The molecule has 1 aromatic rings. The second-order valence-corrected chi connectivity index (χ2v) is 3.45. The highest BCUT2D eigenvalue weighted by atomic mass is 19.1. The first-order valence-corrected chi connectivity index (χ1v) is 5.47. The summed E-state index contributed by atoms with van der Waals surface area (Å²) in [7, 11) is 0. The molecule has 3 nitrogen and oxygen atoms in total. The first-order valence-electron chi connectivity index (χ1n) is 5.47. The monoisotopic (exact) mass is 243 g/mol. The summed E-state index contributed by atoms with van der Waals surface area (Å²) in [6.45, 7) is 3.64. The fourth-order valence-electron chi connectivity index (χ4n) is 1.38. The summed E-state index contributed by atoms with van der Waals surface area (Å²) >= 11 is 0. The summed E-state index contributed by atoms with van der Waals surface area (Å²) in [6.07, 6.45) is 0.382. The zero-order valence-corrected chi connectivity index (χ0v) is 9.80. The van der Waals surface area contributed by atoms with Gasteiger partial charge in [0.15, 0.2) is 0 Å². The predicted octanol–water partition coefficient (Wildman–Crippen LogP) is 2.72. The van der Waals surface area contributed by atoms with Gasteiger partial charge in [0.25, 0.3) is 0 Å². The standard InChI is InChI=1S/C12H15F2NO2/c1-3-10(12(16)17-4-2)15-11-8(13)6-5-7-9(11)14/h5-7,10,15H,3-4H2,1-2H3. The molecule has 0 bridgehead atoms. The fraction of sp³-hybridized carbons (Fsp3) is 0.417. The van der Waals surface area contributed by atoms with Gasteiger partial charge >= 0.3 is 5.97 Å². The number of esters is 1. The molecule has 0 radical (unpaired) electrons. The van der Waals surface area contributed by atoms with Crippen molar-refractivity contribution in [3.63, 3.8) is 0 Å². The van der Waals surface area contributed by atoms with Crippen LogP contribution in [0.2, 0.25) is 0 Å². The number of rotatable bonds is 5. The third kappa shape index (κ3) is 3.41. The Bertz CT molecular complexity index is 376. The van der Waals surface area contributed by atoms with Gasteiger partial charge in [-0.1, -0.05) is 13.0 Å². The Morgan fingerprint density at radius 3 is 2.41 bits per heavy atom. The molecule has 1 atom stereocenters. The molecule has 1 aromatic carbocycles. The zero-order valence-electron chi connectivity index (χ0n) is 9.80. The van der Waals surface area contributed by atoms with Crippen molar-refractivity contribution in [2.24, 2.45) is 0 Å². The van der Waals surface area contributed by atoms with Crippen LogP contribution in [0.5, 0.6) is 0 Å². The van der Waals surface area contributed by atoms with Crippen molar-refractivity contribution in [2.75, 3.05) is 11.9 Å². The normalized spacial score (nSPS) is 12.0. The molecule has 0 fully saturated rings. The number of halogens is 2. The van der Waals surface area contributed by atoms with E-state index in [0.29, 0.717) is 6.42 Å². The van der Waals surface area contributed by atoms with Gasteiger partial charge < -0.3 is 10.1 Å². The maximum absolute atomic E-state index is 13.3. The van der Waals surface area contributed by atoms with Gasteiger partial charge in [-0.3, -0.25) is 0 Å². The summed E-state index contributed by atoms with van der Waals surface area (Å²) in [5, 5.41) is 2.53. The van der Waals surface area contributed by atoms with E-state index in [0.717, 1.165) is 12.1 Å². The Kier molecular flexibility index (Phi) is 4.87. The fourth-order valence-corrected chi connectivity index (χ4v) is 1.38. The topological polar surface area (TPSA) is 38.3 Å². The molecule has 0 saturated heterocycles. The minimum Gasteiger partial charge on any atom is -0.464 e. The molecular formula is C12H15F2NO2. The average molecular weight is 243 g/mol. The van der Waals surface area contributed by atoms with Crippen molar-refractivity contribution in [3.05, 3.63) is 29.8 Å². The smallest absolute Gasteiger partial charge is 0.328 e. The Morgan fingerprint density at radius 1 is 1.35 bits per heavy atom. The molecule has 0 spiro atoms. The lowest BCUT2D eigenvalue weighted by molar-refractivity contribution is -0.144. The number of ether oxygens (including phenoxy) is 1.